The van der Waals surface area contributed by atoms with Gasteiger partial charge in [0.25, 0.3) is 32.1 Å². The maximum Gasteiger partial charge on any atom is 0.323 e. The number of phenolic OH excluding ortho intramolecular Hbond substituents is 2. The van der Waals surface area contributed by atoms with Gasteiger partial charge in [0, 0.05) is 55.4 Å². The molecule has 0 saturated heterocycles. The Morgan fingerprint density at radius 1 is 0.462 bits per heavy atom. The third kappa shape index (κ3) is 7.32. The largest absolute Gasteiger partial charge is 0.506 e. The van der Waals surface area contributed by atoms with E-state index in [2.05, 4.69) is 21.3 Å². The Kier molecular flexibility index (Phi) is 9.26. The number of urea groups is 1. The molecule has 17 heteroatoms. The van der Waals surface area contributed by atoms with Gasteiger partial charge in [-0.05, 0) is 60.7 Å². The first kappa shape index (κ1) is 35.3. The van der Waals surface area contributed by atoms with Gasteiger partial charge in [-0.1, -0.05) is 48.5 Å². The summed E-state index contributed by atoms with van der Waals surface area (Å²) < 4.78 is 65.1. The molecule has 0 radical (unpaired) electrons. The molecular weight excluding hydrogens is 717 g/mol. The molecule has 0 aliphatic carbocycles. The zero-order valence-corrected chi connectivity index (χ0v) is 28.0. The van der Waals surface area contributed by atoms with Crippen LogP contribution in [0.15, 0.2) is 119 Å². The number of hydrogen-bond acceptors (Lipinski definition) is 9. The lowest BCUT2D eigenvalue weighted by molar-refractivity contribution is 0.101. The van der Waals surface area contributed by atoms with Crippen LogP contribution in [0.4, 0.5) is 27.5 Å². The highest BCUT2D eigenvalue weighted by atomic mass is 32.2. The molecule has 8 N–H and O–H groups in total. The second-order valence-corrected chi connectivity index (χ2v) is 14.0. The van der Waals surface area contributed by atoms with Crippen molar-refractivity contribution in [3.05, 3.63) is 120 Å². The quantitative estimate of drug-likeness (QED) is 0.0834. The van der Waals surface area contributed by atoms with E-state index in [1.807, 2.05) is 0 Å². The second-order valence-electron chi connectivity index (χ2n) is 11.2. The van der Waals surface area contributed by atoms with Gasteiger partial charge >= 0.3 is 6.03 Å². The summed E-state index contributed by atoms with van der Waals surface area (Å²) in [4.78, 5) is 37.8. The highest BCUT2D eigenvalue weighted by Crippen LogP contribution is 2.37. The second kappa shape index (κ2) is 13.6. The minimum Gasteiger partial charge on any atom is -0.506 e. The first-order valence-corrected chi connectivity index (χ1v) is 17.8. The number of nitrogens with one attached hydrogen (secondary N) is 4. The van der Waals surface area contributed by atoms with E-state index in [-0.39, 0.29) is 44.6 Å². The minimum absolute atomic E-state index is 0.0762. The normalized spacial score (nSPS) is 11.6. The fourth-order valence-electron chi connectivity index (χ4n) is 5.44. The summed E-state index contributed by atoms with van der Waals surface area (Å²) in [5.41, 5.74) is 1.24. The molecule has 6 aromatic rings. The van der Waals surface area contributed by atoms with Crippen molar-refractivity contribution in [3.63, 3.8) is 0 Å². The topological polar surface area (TPSA) is 249 Å². The Hall–Kier alpha value is -6.53. The van der Waals surface area contributed by atoms with Crippen LogP contribution in [0, 0.1) is 0 Å². The molecular formula is C35H26N4O11S2. The maximum atomic E-state index is 13.2. The smallest absolute Gasteiger partial charge is 0.323 e. The molecule has 0 bridgehead atoms. The average Bonchev–Trinajstić information content (AvgIpc) is 3.08. The van der Waals surface area contributed by atoms with Gasteiger partial charge in [0.15, 0.2) is 0 Å². The van der Waals surface area contributed by atoms with E-state index < -0.39 is 59.4 Å². The predicted molar refractivity (Wildman–Crippen MR) is 192 cm³/mol. The van der Waals surface area contributed by atoms with Gasteiger partial charge in [-0.15, -0.1) is 0 Å². The molecule has 52 heavy (non-hydrogen) atoms. The van der Waals surface area contributed by atoms with Crippen LogP contribution in [0.5, 0.6) is 11.5 Å². The van der Waals surface area contributed by atoms with Crippen molar-refractivity contribution in [2.45, 2.75) is 9.79 Å². The number of fused-ring (bicyclic) bond motifs is 2. The van der Waals surface area contributed by atoms with E-state index in [1.54, 1.807) is 0 Å². The van der Waals surface area contributed by atoms with E-state index >= 15 is 0 Å². The SMILES string of the molecule is O=C(Nc1cccc(C(=O)Nc2cccc3c(O)c(S(=O)(=O)O)ccc23)c1)Nc1cccc(C(=O)Nc2cccc3c(O)c(S(=O)(=O)O)ccc23)c1. The summed E-state index contributed by atoms with van der Waals surface area (Å²) in [7, 11) is -9.38. The highest BCUT2D eigenvalue weighted by Gasteiger charge is 2.21. The van der Waals surface area contributed by atoms with E-state index in [0.29, 0.717) is 10.8 Å². The van der Waals surface area contributed by atoms with Crippen LogP contribution in [-0.2, 0) is 20.2 Å². The van der Waals surface area contributed by atoms with Crippen molar-refractivity contribution in [3.8, 4) is 11.5 Å². The van der Waals surface area contributed by atoms with Crippen LogP contribution in [-0.4, -0.2) is 54.0 Å². The highest BCUT2D eigenvalue weighted by molar-refractivity contribution is 7.86. The van der Waals surface area contributed by atoms with Crippen molar-refractivity contribution < 1.29 is 50.5 Å². The Balaban J connectivity index is 1.13. The van der Waals surface area contributed by atoms with Gasteiger partial charge < -0.3 is 31.5 Å². The summed E-state index contributed by atoms with van der Waals surface area (Å²) in [6.07, 6.45) is 0. The van der Waals surface area contributed by atoms with Gasteiger partial charge in [-0.25, -0.2) is 4.79 Å². The number of anilines is 4. The molecule has 0 spiro atoms. The molecule has 0 fully saturated rings. The molecule has 0 aliphatic rings. The van der Waals surface area contributed by atoms with Crippen molar-refractivity contribution >= 4 is 82.4 Å². The van der Waals surface area contributed by atoms with Crippen LogP contribution in [0.2, 0.25) is 0 Å². The van der Waals surface area contributed by atoms with Crippen LogP contribution in [0.25, 0.3) is 21.5 Å². The van der Waals surface area contributed by atoms with Gasteiger partial charge in [-0.3, -0.25) is 18.7 Å². The molecule has 0 atom stereocenters. The maximum absolute atomic E-state index is 13.2. The van der Waals surface area contributed by atoms with Gasteiger partial charge in [0.1, 0.15) is 21.3 Å². The Labute approximate surface area is 295 Å². The predicted octanol–water partition coefficient (Wildman–Crippen LogP) is 6.05. The summed E-state index contributed by atoms with van der Waals surface area (Å²) in [6, 6.07) is 24.8. The van der Waals surface area contributed by atoms with Crippen LogP contribution in [0.3, 0.4) is 0 Å². The van der Waals surface area contributed by atoms with Gasteiger partial charge in [-0.2, -0.15) is 16.8 Å². The summed E-state index contributed by atoms with van der Waals surface area (Å²) in [5, 5.41) is 32.2. The lowest BCUT2D eigenvalue weighted by atomic mass is 10.1. The van der Waals surface area contributed by atoms with Crippen LogP contribution in [0.1, 0.15) is 20.7 Å². The van der Waals surface area contributed by atoms with Crippen molar-refractivity contribution in [1.82, 2.24) is 0 Å². The third-order valence-corrected chi connectivity index (χ3v) is 9.58. The number of hydrogen-bond donors (Lipinski definition) is 8. The molecule has 264 valence electrons. The number of phenols is 2. The number of carbonyl (C=O) groups is 3. The van der Waals surface area contributed by atoms with Crippen molar-refractivity contribution in [1.29, 1.82) is 0 Å². The fourth-order valence-corrected chi connectivity index (χ4v) is 6.63. The molecule has 4 amide bonds. The van der Waals surface area contributed by atoms with Gasteiger partial charge in [0.2, 0.25) is 0 Å². The summed E-state index contributed by atoms with van der Waals surface area (Å²) >= 11 is 0. The lowest BCUT2D eigenvalue weighted by Gasteiger charge is -2.13. The van der Waals surface area contributed by atoms with Crippen LogP contribution >= 0.6 is 0 Å². The molecule has 15 nitrogen and oxygen atoms in total. The molecule has 6 aromatic carbocycles. The van der Waals surface area contributed by atoms with E-state index in [0.717, 1.165) is 12.1 Å². The first-order valence-electron chi connectivity index (χ1n) is 15.0. The van der Waals surface area contributed by atoms with E-state index in [1.165, 1.54) is 97.1 Å². The minimum atomic E-state index is -4.69. The summed E-state index contributed by atoms with van der Waals surface area (Å²) in [5.74, 6) is -2.53. The fraction of sp³-hybridized carbons (Fsp3) is 0. The zero-order valence-electron chi connectivity index (χ0n) is 26.4. The Bertz CT molecular complexity index is 2500. The van der Waals surface area contributed by atoms with Crippen molar-refractivity contribution in [2.24, 2.45) is 0 Å². The number of benzene rings is 6. The molecule has 0 saturated carbocycles. The van der Waals surface area contributed by atoms with E-state index in [4.69, 9.17) is 0 Å². The van der Waals surface area contributed by atoms with Crippen LogP contribution < -0.4 is 21.3 Å². The third-order valence-electron chi connectivity index (χ3n) is 7.81. The van der Waals surface area contributed by atoms with Gasteiger partial charge in [0.05, 0.1) is 0 Å². The standard InChI is InChI=1S/C35H26N4O11S2/c40-31-25-9-3-11-27(23(25)13-15-29(31)51(45,46)47)38-33(42)19-5-1-7-21(17-19)36-35(44)37-22-8-2-6-20(18-22)34(43)39-28-12-4-10-26-24(28)14-16-30(32(26)41)52(48,49)50/h1-18,40-41H,(H,38,42)(H,39,43)(H2,36,37,44)(H,45,46,47)(H,48,49,50). The molecule has 0 heterocycles. The number of aromatic hydroxyl groups is 2. The number of carbonyl (C=O) groups excluding carboxylic acids is 3. The van der Waals surface area contributed by atoms with Crippen molar-refractivity contribution in [2.75, 3.05) is 21.3 Å². The number of rotatable bonds is 8. The molecule has 0 unspecified atom stereocenters. The Morgan fingerprint density at radius 3 is 1.23 bits per heavy atom. The molecule has 6 rings (SSSR count). The average molecular weight is 743 g/mol. The molecule has 0 aliphatic heterocycles. The lowest BCUT2D eigenvalue weighted by Crippen LogP contribution is -2.20. The zero-order chi connectivity index (χ0) is 37.4. The summed E-state index contributed by atoms with van der Waals surface area (Å²) in [6.45, 7) is 0. The molecule has 0 aromatic heterocycles. The first-order chi connectivity index (χ1) is 24.6. The monoisotopic (exact) mass is 742 g/mol. The van der Waals surface area contributed by atoms with E-state index in [9.17, 15) is 50.5 Å². The number of amides is 4. The Morgan fingerprint density at radius 2 is 0.846 bits per heavy atom.